The van der Waals surface area contributed by atoms with Gasteiger partial charge in [-0.05, 0) is 73.4 Å². The molecule has 3 aromatic carbocycles. The monoisotopic (exact) mass is 525 g/mol. The van der Waals surface area contributed by atoms with E-state index in [0.717, 1.165) is 35.5 Å². The molecule has 3 aromatic rings. The molecule has 1 aliphatic rings. The van der Waals surface area contributed by atoms with E-state index in [1.807, 2.05) is 67.3 Å². The average molecular weight is 526 g/mol. The Kier molecular flexibility index (Phi) is 7.62. The number of hydrogen-bond donors (Lipinski definition) is 0. The van der Waals surface area contributed by atoms with Crippen molar-refractivity contribution in [1.82, 2.24) is 4.90 Å². The molecule has 36 heavy (non-hydrogen) atoms. The Balaban J connectivity index is 1.44. The number of carbonyl (C=O) groups excluding carboxylic acids is 1. The summed E-state index contributed by atoms with van der Waals surface area (Å²) in [6.07, 6.45) is 1.22. The molecule has 1 heterocycles. The second kappa shape index (κ2) is 10.5. The number of aryl methyl sites for hydroxylation is 3. The van der Waals surface area contributed by atoms with Crippen molar-refractivity contribution in [3.63, 3.8) is 0 Å². The molecule has 0 N–H and O–H groups in total. The quantitative estimate of drug-likeness (QED) is 0.444. The van der Waals surface area contributed by atoms with Crippen LogP contribution in [0, 0.1) is 20.8 Å². The lowest BCUT2D eigenvalue weighted by Crippen LogP contribution is -2.49. The van der Waals surface area contributed by atoms with Crippen LogP contribution in [0.5, 0.6) is 0 Å². The number of hydrogen-bond acceptors (Lipinski definition) is 4. The predicted octanol–water partition coefficient (Wildman–Crippen LogP) is 5.19. The standard InChI is InChI=1S/C28H32ClN3O3S/c1-20-5-6-22(3)27(17-20)32(36(4,34)35)19-23-8-10-24(11-9-23)28(33)31-15-13-30(14-16-31)26-18-25(29)12-7-21(26)2/h5-12,17-18H,13-16,19H2,1-4H3. The summed E-state index contributed by atoms with van der Waals surface area (Å²) in [5.41, 5.74) is 6.26. The molecule has 0 unspecified atom stereocenters. The Hall–Kier alpha value is -3.03. The van der Waals surface area contributed by atoms with E-state index in [-0.39, 0.29) is 12.5 Å². The van der Waals surface area contributed by atoms with Gasteiger partial charge in [-0.25, -0.2) is 8.42 Å². The van der Waals surface area contributed by atoms with Crippen LogP contribution in [0.15, 0.2) is 60.7 Å². The lowest BCUT2D eigenvalue weighted by molar-refractivity contribution is 0.0746. The van der Waals surface area contributed by atoms with Gasteiger partial charge in [-0.2, -0.15) is 0 Å². The third kappa shape index (κ3) is 5.85. The number of piperazine rings is 1. The van der Waals surface area contributed by atoms with Crippen molar-refractivity contribution in [2.24, 2.45) is 0 Å². The molecule has 1 fully saturated rings. The maximum Gasteiger partial charge on any atom is 0.253 e. The minimum absolute atomic E-state index is 0.0153. The third-order valence-corrected chi connectivity index (χ3v) is 8.00. The largest absolute Gasteiger partial charge is 0.368 e. The van der Waals surface area contributed by atoms with E-state index in [2.05, 4.69) is 11.8 Å². The molecule has 0 radical (unpaired) electrons. The molecular formula is C28H32ClN3O3S. The van der Waals surface area contributed by atoms with Crippen molar-refractivity contribution < 1.29 is 13.2 Å². The number of rotatable bonds is 6. The number of halogens is 1. The topological polar surface area (TPSA) is 60.9 Å². The number of anilines is 2. The highest BCUT2D eigenvalue weighted by atomic mass is 35.5. The molecule has 0 aliphatic carbocycles. The van der Waals surface area contributed by atoms with Gasteiger partial charge < -0.3 is 9.80 Å². The van der Waals surface area contributed by atoms with Gasteiger partial charge in [0.05, 0.1) is 18.5 Å². The lowest BCUT2D eigenvalue weighted by atomic mass is 10.1. The highest BCUT2D eigenvalue weighted by Gasteiger charge is 2.24. The molecule has 0 aromatic heterocycles. The van der Waals surface area contributed by atoms with Crippen LogP contribution in [0.3, 0.4) is 0 Å². The van der Waals surface area contributed by atoms with E-state index in [4.69, 9.17) is 11.6 Å². The molecule has 6 nitrogen and oxygen atoms in total. The molecular weight excluding hydrogens is 494 g/mol. The van der Waals surface area contributed by atoms with Crippen LogP contribution in [0.2, 0.25) is 5.02 Å². The van der Waals surface area contributed by atoms with E-state index in [9.17, 15) is 13.2 Å². The van der Waals surface area contributed by atoms with Gasteiger partial charge in [0.2, 0.25) is 10.0 Å². The smallest absolute Gasteiger partial charge is 0.253 e. The zero-order valence-corrected chi connectivity index (χ0v) is 22.7. The van der Waals surface area contributed by atoms with E-state index < -0.39 is 10.0 Å². The fourth-order valence-electron chi connectivity index (χ4n) is 4.54. The number of sulfonamides is 1. The Morgan fingerprint density at radius 3 is 2.17 bits per heavy atom. The summed E-state index contributed by atoms with van der Waals surface area (Å²) >= 11 is 6.19. The SMILES string of the molecule is Cc1ccc(C)c(N(Cc2ccc(C(=O)N3CCN(c4cc(Cl)ccc4C)CC3)cc2)S(C)(=O)=O)c1. The van der Waals surface area contributed by atoms with Crippen LogP contribution in [-0.2, 0) is 16.6 Å². The molecule has 1 aliphatic heterocycles. The highest BCUT2D eigenvalue weighted by Crippen LogP contribution is 2.27. The first kappa shape index (κ1) is 26.0. The molecule has 0 spiro atoms. The fraction of sp³-hybridized carbons (Fsp3) is 0.321. The second-order valence-electron chi connectivity index (χ2n) is 9.47. The van der Waals surface area contributed by atoms with Crippen molar-refractivity contribution in [3.05, 3.63) is 93.5 Å². The summed E-state index contributed by atoms with van der Waals surface area (Å²) in [6.45, 7) is 8.85. The summed E-state index contributed by atoms with van der Waals surface area (Å²) in [5.74, 6) is -0.0153. The normalized spacial score (nSPS) is 14.1. The minimum Gasteiger partial charge on any atom is -0.368 e. The van der Waals surface area contributed by atoms with Gasteiger partial charge in [0, 0.05) is 42.5 Å². The van der Waals surface area contributed by atoms with Crippen molar-refractivity contribution >= 4 is 38.9 Å². The van der Waals surface area contributed by atoms with E-state index in [1.165, 1.54) is 16.1 Å². The van der Waals surface area contributed by atoms with Crippen molar-refractivity contribution in [2.45, 2.75) is 27.3 Å². The first-order valence-corrected chi connectivity index (χ1v) is 14.2. The Morgan fingerprint density at radius 1 is 0.889 bits per heavy atom. The number of carbonyl (C=O) groups is 1. The molecule has 190 valence electrons. The maximum atomic E-state index is 13.1. The van der Waals surface area contributed by atoms with Crippen molar-refractivity contribution in [1.29, 1.82) is 0 Å². The number of amides is 1. The zero-order valence-electron chi connectivity index (χ0n) is 21.2. The lowest BCUT2D eigenvalue weighted by Gasteiger charge is -2.37. The summed E-state index contributed by atoms with van der Waals surface area (Å²) in [6, 6.07) is 18.9. The maximum absolute atomic E-state index is 13.1. The minimum atomic E-state index is -3.49. The summed E-state index contributed by atoms with van der Waals surface area (Å²) < 4.78 is 26.6. The Labute approximate surface area is 219 Å². The van der Waals surface area contributed by atoms with E-state index >= 15 is 0 Å². The number of benzene rings is 3. The summed E-state index contributed by atoms with van der Waals surface area (Å²) in [5, 5.41) is 0.709. The molecule has 4 rings (SSSR count). The van der Waals surface area contributed by atoms with Crippen LogP contribution < -0.4 is 9.21 Å². The average Bonchev–Trinajstić information content (AvgIpc) is 2.85. The van der Waals surface area contributed by atoms with Gasteiger partial charge in [0.1, 0.15) is 0 Å². The van der Waals surface area contributed by atoms with Crippen LogP contribution in [0.25, 0.3) is 0 Å². The van der Waals surface area contributed by atoms with Crippen LogP contribution in [0.1, 0.15) is 32.6 Å². The molecule has 0 saturated carbocycles. The van der Waals surface area contributed by atoms with Crippen molar-refractivity contribution in [3.8, 4) is 0 Å². The van der Waals surface area contributed by atoms with Gasteiger partial charge >= 0.3 is 0 Å². The van der Waals surface area contributed by atoms with Gasteiger partial charge in [-0.15, -0.1) is 0 Å². The van der Waals surface area contributed by atoms with Gasteiger partial charge in [0.25, 0.3) is 5.91 Å². The zero-order chi connectivity index (χ0) is 26.0. The van der Waals surface area contributed by atoms with Gasteiger partial charge in [0.15, 0.2) is 0 Å². The first-order chi connectivity index (χ1) is 17.0. The summed E-state index contributed by atoms with van der Waals surface area (Å²) in [7, 11) is -3.49. The third-order valence-electron chi connectivity index (χ3n) is 6.64. The molecule has 1 amide bonds. The van der Waals surface area contributed by atoms with Crippen LogP contribution in [0.4, 0.5) is 11.4 Å². The van der Waals surface area contributed by atoms with Gasteiger partial charge in [-0.3, -0.25) is 9.10 Å². The van der Waals surface area contributed by atoms with Crippen LogP contribution in [-0.4, -0.2) is 51.7 Å². The Bertz CT molecular complexity index is 1370. The Morgan fingerprint density at radius 2 is 1.53 bits per heavy atom. The molecule has 8 heteroatoms. The fourth-order valence-corrected chi connectivity index (χ4v) is 5.65. The van der Waals surface area contributed by atoms with E-state index in [0.29, 0.717) is 29.4 Å². The highest BCUT2D eigenvalue weighted by molar-refractivity contribution is 7.92. The predicted molar refractivity (Wildman–Crippen MR) is 148 cm³/mol. The molecule has 0 atom stereocenters. The second-order valence-corrected chi connectivity index (χ2v) is 11.8. The first-order valence-electron chi connectivity index (χ1n) is 12.0. The number of nitrogens with zero attached hydrogens (tertiary/aromatic N) is 3. The summed E-state index contributed by atoms with van der Waals surface area (Å²) in [4.78, 5) is 17.3. The van der Waals surface area contributed by atoms with Gasteiger partial charge in [-0.1, -0.05) is 41.9 Å². The van der Waals surface area contributed by atoms with Crippen LogP contribution >= 0.6 is 11.6 Å². The molecule has 1 saturated heterocycles. The van der Waals surface area contributed by atoms with E-state index in [1.54, 1.807) is 12.1 Å². The molecule has 0 bridgehead atoms. The van der Waals surface area contributed by atoms with Crippen molar-refractivity contribution in [2.75, 3.05) is 41.6 Å².